The number of fused-ring (bicyclic) bond motifs is 1. The largest absolute Gasteiger partial charge is 0.405 e. The zero-order valence-electron chi connectivity index (χ0n) is 7.98. The standard InChI is InChI=1S/C13H13N/c14-10-4-8-12-7-3-6-11-5-1-2-9-13(11)12/h1-7,9-10H,8,14H2. The molecule has 2 N–H and O–H groups in total. The Hall–Kier alpha value is -1.76. The van der Waals surface area contributed by atoms with Gasteiger partial charge in [-0.05, 0) is 29.0 Å². The monoisotopic (exact) mass is 183 g/mol. The van der Waals surface area contributed by atoms with E-state index in [4.69, 9.17) is 5.73 Å². The minimum absolute atomic E-state index is 0.901. The lowest BCUT2D eigenvalue weighted by molar-refractivity contribution is 1.28. The predicted octanol–water partition coefficient (Wildman–Crippen LogP) is 2.85. The van der Waals surface area contributed by atoms with Gasteiger partial charge in [-0.2, -0.15) is 0 Å². The molecule has 2 aromatic rings. The molecule has 0 saturated carbocycles. The van der Waals surface area contributed by atoms with Crippen molar-refractivity contribution in [2.75, 3.05) is 0 Å². The Morgan fingerprint density at radius 3 is 2.64 bits per heavy atom. The van der Waals surface area contributed by atoms with Gasteiger partial charge in [0, 0.05) is 0 Å². The molecule has 2 rings (SSSR count). The van der Waals surface area contributed by atoms with Crippen molar-refractivity contribution < 1.29 is 0 Å². The second-order valence-electron chi connectivity index (χ2n) is 3.27. The van der Waals surface area contributed by atoms with E-state index in [1.165, 1.54) is 16.3 Å². The number of rotatable bonds is 2. The van der Waals surface area contributed by atoms with Crippen molar-refractivity contribution in [1.29, 1.82) is 0 Å². The van der Waals surface area contributed by atoms with E-state index in [0.29, 0.717) is 0 Å². The van der Waals surface area contributed by atoms with Crippen molar-refractivity contribution in [3.63, 3.8) is 0 Å². The fourth-order valence-electron chi connectivity index (χ4n) is 1.67. The molecule has 0 aliphatic heterocycles. The van der Waals surface area contributed by atoms with Gasteiger partial charge < -0.3 is 5.73 Å². The zero-order valence-corrected chi connectivity index (χ0v) is 7.98. The molecule has 2 aromatic carbocycles. The molecular weight excluding hydrogens is 170 g/mol. The van der Waals surface area contributed by atoms with Gasteiger partial charge in [-0.25, -0.2) is 0 Å². The van der Waals surface area contributed by atoms with Crippen LogP contribution in [0.1, 0.15) is 5.56 Å². The molecule has 0 bridgehead atoms. The lowest BCUT2D eigenvalue weighted by Gasteiger charge is -2.02. The molecule has 70 valence electrons. The molecule has 0 radical (unpaired) electrons. The molecule has 0 unspecified atom stereocenters. The third-order valence-corrected chi connectivity index (χ3v) is 2.35. The van der Waals surface area contributed by atoms with Crippen LogP contribution in [0.25, 0.3) is 10.8 Å². The summed E-state index contributed by atoms with van der Waals surface area (Å²) >= 11 is 0. The van der Waals surface area contributed by atoms with Crippen LogP contribution in [0.2, 0.25) is 0 Å². The quantitative estimate of drug-likeness (QED) is 0.761. The fraction of sp³-hybridized carbons (Fsp3) is 0.0769. The summed E-state index contributed by atoms with van der Waals surface area (Å²) in [4.78, 5) is 0. The predicted molar refractivity (Wildman–Crippen MR) is 61.0 cm³/mol. The molecule has 0 fully saturated rings. The van der Waals surface area contributed by atoms with Crippen molar-refractivity contribution in [3.05, 3.63) is 60.3 Å². The molecular formula is C13H13N. The number of benzene rings is 2. The van der Waals surface area contributed by atoms with E-state index in [1.54, 1.807) is 6.20 Å². The molecule has 0 atom stereocenters. The molecule has 1 heteroatoms. The summed E-state index contributed by atoms with van der Waals surface area (Å²) < 4.78 is 0. The van der Waals surface area contributed by atoms with Gasteiger partial charge in [0.2, 0.25) is 0 Å². The highest BCUT2D eigenvalue weighted by molar-refractivity contribution is 5.85. The number of hydrogen-bond donors (Lipinski definition) is 1. The smallest absolute Gasteiger partial charge is 0.00741 e. The second kappa shape index (κ2) is 3.97. The summed E-state index contributed by atoms with van der Waals surface area (Å²) in [6.45, 7) is 0. The van der Waals surface area contributed by atoms with E-state index in [1.807, 2.05) is 6.08 Å². The SMILES string of the molecule is NC=CCc1cccc2ccccc12. The minimum atomic E-state index is 0.901. The minimum Gasteiger partial charge on any atom is -0.405 e. The highest BCUT2D eigenvalue weighted by atomic mass is 14.5. The molecule has 0 aromatic heterocycles. The topological polar surface area (TPSA) is 26.0 Å². The van der Waals surface area contributed by atoms with Gasteiger partial charge in [0.25, 0.3) is 0 Å². The molecule has 0 spiro atoms. The molecule has 0 amide bonds. The summed E-state index contributed by atoms with van der Waals surface area (Å²) in [6, 6.07) is 14.8. The third kappa shape index (κ3) is 1.62. The number of allylic oxidation sites excluding steroid dienone is 1. The van der Waals surface area contributed by atoms with Gasteiger partial charge >= 0.3 is 0 Å². The Morgan fingerprint density at radius 2 is 1.79 bits per heavy atom. The Balaban J connectivity index is 2.53. The maximum atomic E-state index is 5.34. The van der Waals surface area contributed by atoms with E-state index in [0.717, 1.165) is 6.42 Å². The van der Waals surface area contributed by atoms with E-state index in [-0.39, 0.29) is 0 Å². The number of nitrogens with two attached hydrogens (primary N) is 1. The molecule has 0 aliphatic carbocycles. The summed E-state index contributed by atoms with van der Waals surface area (Å²) in [6.07, 6.45) is 4.47. The van der Waals surface area contributed by atoms with E-state index in [2.05, 4.69) is 42.5 Å². The molecule has 14 heavy (non-hydrogen) atoms. The van der Waals surface area contributed by atoms with Crippen LogP contribution in [-0.2, 0) is 6.42 Å². The fourth-order valence-corrected chi connectivity index (χ4v) is 1.67. The van der Waals surface area contributed by atoms with Gasteiger partial charge in [0.05, 0.1) is 0 Å². The van der Waals surface area contributed by atoms with Crippen molar-refractivity contribution in [2.24, 2.45) is 5.73 Å². The van der Waals surface area contributed by atoms with E-state index >= 15 is 0 Å². The first-order valence-corrected chi connectivity index (χ1v) is 4.75. The molecule has 1 nitrogen and oxygen atoms in total. The summed E-state index contributed by atoms with van der Waals surface area (Å²) in [7, 11) is 0. The third-order valence-electron chi connectivity index (χ3n) is 2.35. The van der Waals surface area contributed by atoms with Crippen LogP contribution in [0.5, 0.6) is 0 Å². The van der Waals surface area contributed by atoms with Crippen molar-refractivity contribution >= 4 is 10.8 Å². The van der Waals surface area contributed by atoms with Crippen molar-refractivity contribution in [1.82, 2.24) is 0 Å². The lowest BCUT2D eigenvalue weighted by atomic mass is 10.0. The van der Waals surface area contributed by atoms with Gasteiger partial charge in [0.1, 0.15) is 0 Å². The van der Waals surface area contributed by atoms with Crippen LogP contribution in [0.4, 0.5) is 0 Å². The summed E-state index contributed by atoms with van der Waals surface area (Å²) in [5, 5.41) is 2.60. The Morgan fingerprint density at radius 1 is 1.00 bits per heavy atom. The summed E-state index contributed by atoms with van der Waals surface area (Å²) in [5.74, 6) is 0. The van der Waals surface area contributed by atoms with Gasteiger partial charge in [-0.1, -0.05) is 48.5 Å². The molecule has 0 aliphatic rings. The van der Waals surface area contributed by atoms with Gasteiger partial charge in [0.15, 0.2) is 0 Å². The van der Waals surface area contributed by atoms with Crippen LogP contribution in [-0.4, -0.2) is 0 Å². The normalized spacial score (nSPS) is 11.1. The van der Waals surface area contributed by atoms with Crippen LogP contribution < -0.4 is 5.73 Å². The average molecular weight is 183 g/mol. The lowest BCUT2D eigenvalue weighted by Crippen LogP contribution is -1.85. The van der Waals surface area contributed by atoms with Gasteiger partial charge in [-0.3, -0.25) is 0 Å². The highest BCUT2D eigenvalue weighted by Crippen LogP contribution is 2.18. The summed E-state index contributed by atoms with van der Waals surface area (Å²) in [5.41, 5.74) is 6.66. The van der Waals surface area contributed by atoms with Crippen LogP contribution in [0.3, 0.4) is 0 Å². The maximum Gasteiger partial charge on any atom is -0.00741 e. The van der Waals surface area contributed by atoms with Gasteiger partial charge in [-0.15, -0.1) is 0 Å². The Kier molecular flexibility index (Phi) is 2.50. The average Bonchev–Trinajstić information content (AvgIpc) is 2.26. The second-order valence-corrected chi connectivity index (χ2v) is 3.27. The highest BCUT2D eigenvalue weighted by Gasteiger charge is 1.96. The van der Waals surface area contributed by atoms with Crippen LogP contribution >= 0.6 is 0 Å². The van der Waals surface area contributed by atoms with E-state index < -0.39 is 0 Å². The molecule has 0 saturated heterocycles. The zero-order chi connectivity index (χ0) is 9.80. The molecule has 0 heterocycles. The Labute approximate surface area is 83.9 Å². The van der Waals surface area contributed by atoms with Crippen LogP contribution in [0.15, 0.2) is 54.7 Å². The first kappa shape index (κ1) is 8.82. The van der Waals surface area contributed by atoms with Crippen LogP contribution in [0, 0.1) is 0 Å². The maximum absolute atomic E-state index is 5.34. The number of hydrogen-bond acceptors (Lipinski definition) is 1. The first-order chi connectivity index (χ1) is 6.92. The van der Waals surface area contributed by atoms with Crippen molar-refractivity contribution in [2.45, 2.75) is 6.42 Å². The van der Waals surface area contributed by atoms with E-state index in [9.17, 15) is 0 Å². The Bertz CT molecular complexity index is 452. The first-order valence-electron chi connectivity index (χ1n) is 4.75. The van der Waals surface area contributed by atoms with Crippen molar-refractivity contribution in [3.8, 4) is 0 Å².